The summed E-state index contributed by atoms with van der Waals surface area (Å²) in [6.07, 6.45) is 3.74. The third kappa shape index (κ3) is 8.93. The quantitative estimate of drug-likeness (QED) is 0.245. The first-order chi connectivity index (χ1) is 19.1. The maximum absolute atomic E-state index is 14.2. The summed E-state index contributed by atoms with van der Waals surface area (Å²) in [5, 5.41) is 3.00. The van der Waals surface area contributed by atoms with Gasteiger partial charge in [0.25, 0.3) is 0 Å². The molecule has 0 bridgehead atoms. The van der Waals surface area contributed by atoms with Gasteiger partial charge in [0.05, 0.1) is 11.9 Å². The lowest BCUT2D eigenvalue weighted by molar-refractivity contribution is -0.140. The Morgan fingerprint density at radius 3 is 2.25 bits per heavy atom. The first-order valence-corrected chi connectivity index (χ1v) is 16.2. The smallest absolute Gasteiger partial charge is 0.244 e. The Hall–Kier alpha value is -3.17. The highest BCUT2D eigenvalue weighted by molar-refractivity contribution is 9.10. The number of rotatable bonds is 14. The maximum atomic E-state index is 14.2. The van der Waals surface area contributed by atoms with Crippen molar-refractivity contribution >= 4 is 43.5 Å². The molecule has 1 atom stereocenters. The van der Waals surface area contributed by atoms with Crippen molar-refractivity contribution in [1.82, 2.24) is 10.2 Å². The Morgan fingerprint density at radius 2 is 1.60 bits per heavy atom. The first-order valence-electron chi connectivity index (χ1n) is 13.5. The zero-order valence-corrected chi connectivity index (χ0v) is 25.7. The normalized spacial score (nSPS) is 12.0. The Labute approximate surface area is 246 Å². The molecule has 0 fully saturated rings. The summed E-state index contributed by atoms with van der Waals surface area (Å²) in [7, 11) is -3.80. The van der Waals surface area contributed by atoms with Gasteiger partial charge in [-0.05, 0) is 47.7 Å². The molecule has 214 valence electrons. The third-order valence-electron chi connectivity index (χ3n) is 6.66. The number of benzene rings is 3. The molecule has 1 N–H and O–H groups in total. The summed E-state index contributed by atoms with van der Waals surface area (Å²) in [6.45, 7) is 4.21. The van der Waals surface area contributed by atoms with E-state index >= 15 is 0 Å². The monoisotopic (exact) mass is 627 g/mol. The second kappa shape index (κ2) is 15.0. The number of unbranched alkanes of at least 4 members (excludes halogenated alkanes) is 1. The van der Waals surface area contributed by atoms with Crippen molar-refractivity contribution in [3.05, 3.63) is 100 Å². The molecule has 9 heteroatoms. The Bertz CT molecular complexity index is 1380. The van der Waals surface area contributed by atoms with Crippen LogP contribution in [0.3, 0.4) is 0 Å². The van der Waals surface area contributed by atoms with Gasteiger partial charge in [-0.1, -0.05) is 96.9 Å². The van der Waals surface area contributed by atoms with Crippen molar-refractivity contribution in [1.29, 1.82) is 0 Å². The average Bonchev–Trinajstić information content (AvgIpc) is 2.93. The molecule has 40 heavy (non-hydrogen) atoms. The number of carbonyl (C=O) groups is 2. The second-order valence-corrected chi connectivity index (χ2v) is 12.6. The van der Waals surface area contributed by atoms with Gasteiger partial charge in [0.1, 0.15) is 12.6 Å². The van der Waals surface area contributed by atoms with E-state index in [1.54, 1.807) is 12.1 Å². The summed E-state index contributed by atoms with van der Waals surface area (Å²) >= 11 is 3.49. The number of hydrogen-bond acceptors (Lipinski definition) is 4. The lowest BCUT2D eigenvalue weighted by atomic mass is 10.0. The van der Waals surface area contributed by atoms with E-state index in [9.17, 15) is 18.0 Å². The summed E-state index contributed by atoms with van der Waals surface area (Å²) < 4.78 is 28.0. The fourth-order valence-corrected chi connectivity index (χ4v) is 5.87. The Balaban J connectivity index is 2.05. The van der Waals surface area contributed by atoms with E-state index in [1.807, 2.05) is 80.6 Å². The van der Waals surface area contributed by atoms with Crippen LogP contribution in [0.2, 0.25) is 0 Å². The van der Waals surface area contributed by atoms with Crippen LogP contribution in [-0.2, 0) is 39.0 Å². The summed E-state index contributed by atoms with van der Waals surface area (Å²) in [6, 6.07) is 23.4. The molecule has 0 aliphatic heterocycles. The summed E-state index contributed by atoms with van der Waals surface area (Å²) in [5.74, 6) is -0.719. The van der Waals surface area contributed by atoms with Crippen molar-refractivity contribution in [2.75, 3.05) is 23.7 Å². The number of nitrogens with zero attached hydrogens (tertiary/aromatic N) is 2. The lowest BCUT2D eigenvalue weighted by Gasteiger charge is -2.34. The zero-order chi connectivity index (χ0) is 29.1. The van der Waals surface area contributed by atoms with Crippen LogP contribution in [0, 0.1) is 0 Å². The fourth-order valence-electron chi connectivity index (χ4n) is 4.54. The van der Waals surface area contributed by atoms with Crippen LogP contribution >= 0.6 is 15.9 Å². The predicted molar refractivity (Wildman–Crippen MR) is 165 cm³/mol. The molecule has 3 rings (SSSR count). The first kappa shape index (κ1) is 31.4. The van der Waals surface area contributed by atoms with E-state index in [-0.39, 0.29) is 12.5 Å². The van der Waals surface area contributed by atoms with Crippen LogP contribution in [0.15, 0.2) is 83.3 Å². The molecule has 0 aromatic heterocycles. The van der Waals surface area contributed by atoms with Crippen LogP contribution in [0.1, 0.15) is 43.4 Å². The second-order valence-electron chi connectivity index (χ2n) is 9.75. The van der Waals surface area contributed by atoms with E-state index in [0.717, 1.165) is 44.6 Å². The lowest BCUT2D eigenvalue weighted by Crippen LogP contribution is -2.53. The number of anilines is 1. The number of nitrogens with one attached hydrogen (secondary N) is 1. The number of amides is 2. The van der Waals surface area contributed by atoms with Gasteiger partial charge in [0, 0.05) is 24.0 Å². The van der Waals surface area contributed by atoms with Gasteiger partial charge < -0.3 is 10.2 Å². The van der Waals surface area contributed by atoms with Crippen LogP contribution < -0.4 is 9.62 Å². The molecule has 7 nitrogen and oxygen atoms in total. The van der Waals surface area contributed by atoms with Crippen LogP contribution in [0.4, 0.5) is 5.69 Å². The number of para-hydroxylation sites is 1. The van der Waals surface area contributed by atoms with Crippen molar-refractivity contribution in [3.63, 3.8) is 0 Å². The van der Waals surface area contributed by atoms with Gasteiger partial charge in [-0.2, -0.15) is 0 Å². The molecule has 0 heterocycles. The number of carbonyl (C=O) groups excluding carboxylic acids is 2. The third-order valence-corrected chi connectivity index (χ3v) is 8.28. The highest BCUT2D eigenvalue weighted by atomic mass is 79.9. The SMILES string of the molecule is CCCCNC(=O)[C@H](Cc1ccccc1)N(Cc1cccc(Br)c1)C(=O)CN(c1ccccc1CC)S(C)(=O)=O. The summed E-state index contributed by atoms with van der Waals surface area (Å²) in [4.78, 5) is 29.3. The summed E-state index contributed by atoms with van der Waals surface area (Å²) in [5.41, 5.74) is 3.01. The molecule has 0 spiro atoms. The van der Waals surface area contributed by atoms with Gasteiger partial charge in [0.2, 0.25) is 21.8 Å². The maximum Gasteiger partial charge on any atom is 0.244 e. The minimum Gasteiger partial charge on any atom is -0.354 e. The zero-order valence-electron chi connectivity index (χ0n) is 23.3. The van der Waals surface area contributed by atoms with E-state index in [1.165, 1.54) is 4.90 Å². The highest BCUT2D eigenvalue weighted by Gasteiger charge is 2.33. The number of aryl methyl sites for hydroxylation is 1. The molecule has 0 saturated heterocycles. The molecule has 0 saturated carbocycles. The number of sulfonamides is 1. The van der Waals surface area contributed by atoms with Gasteiger partial charge >= 0.3 is 0 Å². The average molecular weight is 629 g/mol. The molecule has 0 aliphatic carbocycles. The molecular formula is C31H38BrN3O4S. The van der Waals surface area contributed by atoms with Crippen molar-refractivity contribution in [3.8, 4) is 0 Å². The van der Waals surface area contributed by atoms with Crippen molar-refractivity contribution < 1.29 is 18.0 Å². The number of hydrogen-bond donors (Lipinski definition) is 1. The minimum absolute atomic E-state index is 0.143. The molecule has 0 radical (unpaired) electrons. The molecule has 2 amide bonds. The van der Waals surface area contributed by atoms with Crippen molar-refractivity contribution in [2.45, 2.75) is 52.1 Å². The van der Waals surface area contributed by atoms with Crippen LogP contribution in [0.5, 0.6) is 0 Å². The highest BCUT2D eigenvalue weighted by Crippen LogP contribution is 2.25. The molecule has 3 aromatic rings. The predicted octanol–water partition coefficient (Wildman–Crippen LogP) is 5.33. The number of halogens is 1. The minimum atomic E-state index is -3.80. The van der Waals surface area contributed by atoms with Crippen LogP contribution in [0.25, 0.3) is 0 Å². The van der Waals surface area contributed by atoms with Gasteiger partial charge in [0.15, 0.2) is 0 Å². The van der Waals surface area contributed by atoms with Crippen molar-refractivity contribution in [2.24, 2.45) is 0 Å². The standard InChI is InChI=1S/C31H38BrN3O4S/c1-4-6-19-33-31(37)29(21-24-13-8-7-9-14-24)34(22-25-15-12-17-27(32)20-25)30(36)23-35(40(3,38)39)28-18-11-10-16-26(28)5-2/h7-18,20,29H,4-6,19,21-23H2,1-3H3,(H,33,37)/t29-/m0/s1. The Kier molecular flexibility index (Phi) is 11.8. The van der Waals surface area contributed by atoms with E-state index in [2.05, 4.69) is 21.2 Å². The largest absolute Gasteiger partial charge is 0.354 e. The van der Waals surface area contributed by atoms with E-state index < -0.39 is 28.5 Å². The van der Waals surface area contributed by atoms with Gasteiger partial charge in [-0.3, -0.25) is 13.9 Å². The topological polar surface area (TPSA) is 86.8 Å². The molecular weight excluding hydrogens is 590 g/mol. The Morgan fingerprint density at radius 1 is 0.925 bits per heavy atom. The van der Waals surface area contributed by atoms with Crippen LogP contribution in [-0.4, -0.2) is 50.5 Å². The van der Waals surface area contributed by atoms with E-state index in [4.69, 9.17) is 0 Å². The van der Waals surface area contributed by atoms with Gasteiger partial charge in [-0.25, -0.2) is 8.42 Å². The molecule has 3 aromatic carbocycles. The molecule has 0 unspecified atom stereocenters. The molecule has 0 aliphatic rings. The van der Waals surface area contributed by atoms with Gasteiger partial charge in [-0.15, -0.1) is 0 Å². The van der Waals surface area contributed by atoms with E-state index in [0.29, 0.717) is 25.1 Å². The fraction of sp³-hybridized carbons (Fsp3) is 0.355.